The Morgan fingerprint density at radius 1 is 1.25 bits per heavy atom. The van der Waals surface area contributed by atoms with E-state index in [-0.39, 0.29) is 6.29 Å². The van der Waals surface area contributed by atoms with E-state index >= 15 is 0 Å². The van der Waals surface area contributed by atoms with Gasteiger partial charge >= 0.3 is 0 Å². The van der Waals surface area contributed by atoms with E-state index in [1.54, 1.807) is 14.2 Å². The van der Waals surface area contributed by atoms with Crippen LogP contribution in [0.4, 0.5) is 0 Å². The van der Waals surface area contributed by atoms with Gasteiger partial charge in [-0.05, 0) is 40.3 Å². The number of fused-ring (bicyclic) bond motifs is 1. The van der Waals surface area contributed by atoms with Crippen LogP contribution in [0.5, 0.6) is 11.5 Å². The highest BCUT2D eigenvalue weighted by Crippen LogP contribution is 2.35. The molecular weight excluding hydrogens is 323 g/mol. The lowest BCUT2D eigenvalue weighted by atomic mass is 10.1. The first-order valence-corrected chi connectivity index (χ1v) is 5.96. The third kappa shape index (κ3) is 2.41. The zero-order valence-corrected chi connectivity index (χ0v) is 11.3. The molecule has 1 aromatic carbocycles. The molecule has 16 heavy (non-hydrogen) atoms. The van der Waals surface area contributed by atoms with Gasteiger partial charge in [-0.25, -0.2) is 0 Å². The van der Waals surface area contributed by atoms with Gasteiger partial charge < -0.3 is 18.9 Å². The molecule has 1 aliphatic heterocycles. The molecule has 1 aliphatic rings. The summed E-state index contributed by atoms with van der Waals surface area (Å²) in [6, 6.07) is 3.95. The maximum absolute atomic E-state index is 5.34. The Kier molecular flexibility index (Phi) is 3.88. The number of methoxy groups -OCH3 is 2. The van der Waals surface area contributed by atoms with E-state index in [4.69, 9.17) is 18.9 Å². The van der Waals surface area contributed by atoms with Crippen molar-refractivity contribution in [3.8, 4) is 11.5 Å². The van der Waals surface area contributed by atoms with Crippen LogP contribution in [0.1, 0.15) is 5.56 Å². The van der Waals surface area contributed by atoms with Crippen LogP contribution >= 0.6 is 22.6 Å². The molecule has 0 aromatic heterocycles. The molecular formula is C11H13IO4. The van der Waals surface area contributed by atoms with Crippen molar-refractivity contribution in [2.45, 2.75) is 12.7 Å². The first-order valence-electron chi connectivity index (χ1n) is 4.88. The molecule has 4 nitrogen and oxygen atoms in total. The van der Waals surface area contributed by atoms with Crippen molar-refractivity contribution in [2.24, 2.45) is 0 Å². The third-order valence-corrected chi connectivity index (χ3v) is 3.46. The van der Waals surface area contributed by atoms with E-state index in [2.05, 4.69) is 22.6 Å². The lowest BCUT2D eigenvalue weighted by Crippen LogP contribution is -2.16. The number of rotatable bonds is 4. The SMILES string of the molecule is COC(Cc1cc2c(cc1I)OCO2)OC. The molecule has 0 N–H and O–H groups in total. The molecule has 1 heterocycles. The topological polar surface area (TPSA) is 36.9 Å². The molecule has 0 spiro atoms. The monoisotopic (exact) mass is 336 g/mol. The molecule has 0 atom stereocenters. The molecule has 0 unspecified atom stereocenters. The van der Waals surface area contributed by atoms with Crippen molar-refractivity contribution in [1.82, 2.24) is 0 Å². The Hall–Kier alpha value is -0.530. The summed E-state index contributed by atoms with van der Waals surface area (Å²) in [5.74, 6) is 1.60. The fraction of sp³-hybridized carbons (Fsp3) is 0.455. The molecule has 0 radical (unpaired) electrons. The Balaban J connectivity index is 2.21. The molecule has 0 bridgehead atoms. The second-order valence-electron chi connectivity index (χ2n) is 3.40. The Morgan fingerprint density at radius 3 is 2.50 bits per heavy atom. The zero-order chi connectivity index (χ0) is 11.5. The van der Waals surface area contributed by atoms with Crippen molar-refractivity contribution in [2.75, 3.05) is 21.0 Å². The van der Waals surface area contributed by atoms with Gasteiger partial charge in [0.2, 0.25) is 6.79 Å². The number of hydrogen-bond acceptors (Lipinski definition) is 4. The third-order valence-electron chi connectivity index (χ3n) is 2.45. The van der Waals surface area contributed by atoms with Crippen LogP contribution in [0.15, 0.2) is 12.1 Å². The highest BCUT2D eigenvalue weighted by molar-refractivity contribution is 14.1. The summed E-state index contributed by atoms with van der Waals surface area (Å²) in [6.45, 7) is 0.298. The highest BCUT2D eigenvalue weighted by atomic mass is 127. The maximum atomic E-state index is 5.34. The number of hydrogen-bond donors (Lipinski definition) is 0. The summed E-state index contributed by atoms with van der Waals surface area (Å²) in [5.41, 5.74) is 1.14. The van der Waals surface area contributed by atoms with Gasteiger partial charge in [-0.3, -0.25) is 0 Å². The highest BCUT2D eigenvalue weighted by Gasteiger charge is 2.18. The van der Waals surface area contributed by atoms with Gasteiger partial charge in [-0.15, -0.1) is 0 Å². The van der Waals surface area contributed by atoms with Crippen molar-refractivity contribution in [3.63, 3.8) is 0 Å². The van der Waals surface area contributed by atoms with Gasteiger partial charge in [0.1, 0.15) is 0 Å². The van der Waals surface area contributed by atoms with Gasteiger partial charge in [0.15, 0.2) is 17.8 Å². The van der Waals surface area contributed by atoms with Gasteiger partial charge in [-0.1, -0.05) is 0 Å². The predicted molar refractivity (Wildman–Crippen MR) is 66.8 cm³/mol. The minimum atomic E-state index is -0.228. The molecule has 1 aromatic rings. The van der Waals surface area contributed by atoms with Crippen molar-refractivity contribution >= 4 is 22.6 Å². The van der Waals surface area contributed by atoms with Crippen LogP contribution < -0.4 is 9.47 Å². The normalized spacial score (nSPS) is 13.5. The fourth-order valence-corrected chi connectivity index (χ4v) is 2.22. The van der Waals surface area contributed by atoms with Gasteiger partial charge in [0.25, 0.3) is 0 Å². The van der Waals surface area contributed by atoms with E-state index in [0.717, 1.165) is 20.6 Å². The lowest BCUT2D eigenvalue weighted by molar-refractivity contribution is -0.100. The van der Waals surface area contributed by atoms with Gasteiger partial charge in [-0.2, -0.15) is 0 Å². The Morgan fingerprint density at radius 2 is 1.88 bits per heavy atom. The van der Waals surface area contributed by atoms with Crippen LogP contribution in [0, 0.1) is 3.57 Å². The van der Waals surface area contributed by atoms with E-state index in [1.165, 1.54) is 0 Å². The van der Waals surface area contributed by atoms with E-state index in [0.29, 0.717) is 13.2 Å². The van der Waals surface area contributed by atoms with Crippen LogP contribution in [-0.4, -0.2) is 27.3 Å². The summed E-state index contributed by atoms with van der Waals surface area (Å²) in [5, 5.41) is 0. The van der Waals surface area contributed by atoms with Crippen LogP contribution in [0.2, 0.25) is 0 Å². The largest absolute Gasteiger partial charge is 0.454 e. The van der Waals surface area contributed by atoms with E-state index < -0.39 is 0 Å². The van der Waals surface area contributed by atoms with E-state index in [1.807, 2.05) is 12.1 Å². The molecule has 2 rings (SSSR count). The maximum Gasteiger partial charge on any atom is 0.231 e. The standard InChI is InChI=1S/C11H13IO4/c1-13-11(14-2)4-7-3-9-10(5-8(7)12)16-6-15-9/h3,5,11H,4,6H2,1-2H3. The van der Waals surface area contributed by atoms with E-state index in [9.17, 15) is 0 Å². The first kappa shape index (κ1) is 11.9. The van der Waals surface area contributed by atoms with Gasteiger partial charge in [0.05, 0.1) is 0 Å². The Labute approximate surface area is 108 Å². The summed E-state index contributed by atoms with van der Waals surface area (Å²) < 4.78 is 22.1. The summed E-state index contributed by atoms with van der Waals surface area (Å²) in [7, 11) is 3.27. The van der Waals surface area contributed by atoms with Crippen LogP contribution in [0.25, 0.3) is 0 Å². The summed E-state index contributed by atoms with van der Waals surface area (Å²) >= 11 is 2.27. The summed E-state index contributed by atoms with van der Waals surface area (Å²) in [4.78, 5) is 0. The molecule has 0 fully saturated rings. The van der Waals surface area contributed by atoms with Crippen molar-refractivity contribution in [1.29, 1.82) is 0 Å². The first-order chi connectivity index (χ1) is 7.74. The van der Waals surface area contributed by atoms with Crippen LogP contribution in [-0.2, 0) is 15.9 Å². The number of benzene rings is 1. The fourth-order valence-electron chi connectivity index (χ4n) is 1.56. The molecule has 88 valence electrons. The van der Waals surface area contributed by atoms with Crippen molar-refractivity contribution < 1.29 is 18.9 Å². The average Bonchev–Trinajstić information content (AvgIpc) is 2.72. The second-order valence-corrected chi connectivity index (χ2v) is 4.56. The molecule has 0 saturated carbocycles. The molecule has 0 saturated heterocycles. The predicted octanol–water partition coefficient (Wildman–Crippen LogP) is 2.18. The lowest BCUT2D eigenvalue weighted by Gasteiger charge is -2.14. The molecule has 0 aliphatic carbocycles. The van der Waals surface area contributed by atoms with Crippen molar-refractivity contribution in [3.05, 3.63) is 21.3 Å². The zero-order valence-electron chi connectivity index (χ0n) is 9.16. The Bertz CT molecular complexity index is 376. The van der Waals surface area contributed by atoms with Gasteiger partial charge in [0, 0.05) is 24.2 Å². The average molecular weight is 336 g/mol. The molecule has 5 heteroatoms. The summed E-state index contributed by atoms with van der Waals surface area (Å²) in [6.07, 6.45) is 0.468. The number of halogens is 1. The molecule has 0 amide bonds. The minimum Gasteiger partial charge on any atom is -0.454 e. The smallest absolute Gasteiger partial charge is 0.231 e. The second kappa shape index (κ2) is 5.20. The quantitative estimate of drug-likeness (QED) is 0.624. The van der Waals surface area contributed by atoms with Crippen LogP contribution in [0.3, 0.4) is 0 Å². The number of ether oxygens (including phenoxy) is 4. The minimum absolute atomic E-state index is 0.228.